The third-order valence-corrected chi connectivity index (χ3v) is 2.82. The van der Waals surface area contributed by atoms with Crippen LogP contribution in [0.15, 0.2) is 18.2 Å². The van der Waals surface area contributed by atoms with E-state index in [2.05, 4.69) is 26.1 Å². The quantitative estimate of drug-likeness (QED) is 0.741. The number of aliphatic hydroxyl groups excluding tert-OH is 1. The molecule has 0 aromatic heterocycles. The van der Waals surface area contributed by atoms with E-state index in [1.807, 2.05) is 18.2 Å². The maximum absolute atomic E-state index is 8.67. The van der Waals surface area contributed by atoms with Gasteiger partial charge in [0.2, 0.25) is 0 Å². The molecule has 0 saturated carbocycles. The molecule has 0 fully saturated rings. The molecule has 0 unspecified atom stereocenters. The molecule has 0 aliphatic heterocycles. The molecule has 4 heteroatoms. The normalized spacial score (nSPS) is 11.4. The van der Waals surface area contributed by atoms with Gasteiger partial charge in [-0.2, -0.15) is 0 Å². The molecule has 1 rings (SSSR count). The summed E-state index contributed by atoms with van der Waals surface area (Å²) in [6.45, 7) is 8.50. The molecule has 108 valence electrons. The van der Waals surface area contributed by atoms with Crippen molar-refractivity contribution in [2.24, 2.45) is 0 Å². The van der Waals surface area contributed by atoms with Crippen molar-refractivity contribution in [2.75, 3.05) is 33.4 Å². The van der Waals surface area contributed by atoms with Crippen molar-refractivity contribution in [1.82, 2.24) is 5.32 Å². The molecule has 0 radical (unpaired) electrons. The highest BCUT2D eigenvalue weighted by Crippen LogP contribution is 2.34. The van der Waals surface area contributed by atoms with Gasteiger partial charge in [-0.1, -0.05) is 20.8 Å². The Balaban J connectivity index is 2.71. The van der Waals surface area contributed by atoms with Gasteiger partial charge in [0, 0.05) is 18.7 Å². The van der Waals surface area contributed by atoms with Gasteiger partial charge in [-0.05, 0) is 23.6 Å². The minimum Gasteiger partial charge on any atom is -0.497 e. The smallest absolute Gasteiger partial charge is 0.123 e. The van der Waals surface area contributed by atoms with E-state index in [9.17, 15) is 0 Å². The van der Waals surface area contributed by atoms with Gasteiger partial charge in [-0.3, -0.25) is 0 Å². The van der Waals surface area contributed by atoms with Crippen molar-refractivity contribution in [2.45, 2.75) is 26.2 Å². The summed E-state index contributed by atoms with van der Waals surface area (Å²) < 4.78 is 11.1. The van der Waals surface area contributed by atoms with Crippen LogP contribution < -0.4 is 14.8 Å². The maximum Gasteiger partial charge on any atom is 0.123 e. The average Bonchev–Trinajstić information content (AvgIpc) is 2.37. The first-order chi connectivity index (χ1) is 8.99. The molecular formula is C15H25NO3. The first-order valence-corrected chi connectivity index (χ1v) is 6.62. The fraction of sp³-hybridized carbons (Fsp3) is 0.600. The third-order valence-electron chi connectivity index (χ3n) is 2.82. The summed E-state index contributed by atoms with van der Waals surface area (Å²) in [5, 5.41) is 11.8. The van der Waals surface area contributed by atoms with Gasteiger partial charge in [0.15, 0.2) is 0 Å². The lowest BCUT2D eigenvalue weighted by Crippen LogP contribution is -2.24. The number of hydrogen-bond donors (Lipinski definition) is 2. The fourth-order valence-electron chi connectivity index (χ4n) is 1.79. The van der Waals surface area contributed by atoms with E-state index in [4.69, 9.17) is 14.6 Å². The fourth-order valence-corrected chi connectivity index (χ4v) is 1.79. The zero-order valence-electron chi connectivity index (χ0n) is 12.3. The molecule has 0 spiro atoms. The molecule has 1 aromatic rings. The summed E-state index contributed by atoms with van der Waals surface area (Å²) in [5.74, 6) is 1.73. The second-order valence-electron chi connectivity index (χ2n) is 5.43. The minimum atomic E-state index is 0.00238. The van der Waals surface area contributed by atoms with E-state index >= 15 is 0 Å². The number of rotatable bonds is 7. The first kappa shape index (κ1) is 15.8. The number of ether oxygens (including phenoxy) is 2. The molecule has 1 aromatic carbocycles. The molecule has 0 bridgehead atoms. The zero-order chi connectivity index (χ0) is 14.3. The lowest BCUT2D eigenvalue weighted by molar-refractivity contribution is 0.273. The molecule has 0 heterocycles. The lowest BCUT2D eigenvalue weighted by atomic mass is 9.86. The Labute approximate surface area is 115 Å². The van der Waals surface area contributed by atoms with Crippen LogP contribution in [0.4, 0.5) is 0 Å². The number of aliphatic hydroxyl groups is 1. The van der Waals surface area contributed by atoms with Gasteiger partial charge in [0.1, 0.15) is 18.1 Å². The summed E-state index contributed by atoms with van der Waals surface area (Å²) in [4.78, 5) is 0. The van der Waals surface area contributed by atoms with Crippen LogP contribution in [0.2, 0.25) is 0 Å². The van der Waals surface area contributed by atoms with E-state index in [1.165, 1.54) is 0 Å². The van der Waals surface area contributed by atoms with Gasteiger partial charge < -0.3 is 19.9 Å². The van der Waals surface area contributed by atoms with Gasteiger partial charge in [-0.15, -0.1) is 0 Å². The molecule has 0 atom stereocenters. The van der Waals surface area contributed by atoms with Crippen LogP contribution in [-0.4, -0.2) is 38.5 Å². The van der Waals surface area contributed by atoms with Crippen LogP contribution in [0.25, 0.3) is 0 Å². The van der Waals surface area contributed by atoms with Crippen LogP contribution >= 0.6 is 0 Å². The van der Waals surface area contributed by atoms with Crippen molar-refractivity contribution in [3.05, 3.63) is 23.8 Å². The molecule has 0 saturated heterocycles. The first-order valence-electron chi connectivity index (χ1n) is 6.62. The highest BCUT2D eigenvalue weighted by atomic mass is 16.5. The molecule has 0 aliphatic rings. The van der Waals surface area contributed by atoms with Crippen molar-refractivity contribution >= 4 is 0 Å². The summed E-state index contributed by atoms with van der Waals surface area (Å²) >= 11 is 0. The molecule has 0 amide bonds. The second-order valence-corrected chi connectivity index (χ2v) is 5.43. The Morgan fingerprint density at radius 1 is 1.21 bits per heavy atom. The Hall–Kier alpha value is -1.26. The van der Waals surface area contributed by atoms with E-state index in [0.717, 1.165) is 23.6 Å². The van der Waals surface area contributed by atoms with Crippen LogP contribution in [-0.2, 0) is 5.41 Å². The van der Waals surface area contributed by atoms with Crippen molar-refractivity contribution < 1.29 is 14.6 Å². The van der Waals surface area contributed by atoms with Gasteiger partial charge in [0.05, 0.1) is 13.7 Å². The van der Waals surface area contributed by atoms with Gasteiger partial charge in [0.25, 0.3) is 0 Å². The third kappa shape index (κ3) is 5.09. The largest absolute Gasteiger partial charge is 0.497 e. The minimum absolute atomic E-state index is 0.00238. The highest BCUT2D eigenvalue weighted by molar-refractivity contribution is 5.44. The lowest BCUT2D eigenvalue weighted by Gasteiger charge is -2.23. The topological polar surface area (TPSA) is 50.7 Å². The molecule has 2 N–H and O–H groups in total. The van der Waals surface area contributed by atoms with Crippen molar-refractivity contribution in [1.29, 1.82) is 0 Å². The summed E-state index contributed by atoms with van der Waals surface area (Å²) in [6, 6.07) is 5.88. The SMILES string of the molecule is COc1ccc(OCCNCCO)c(C(C)(C)C)c1. The summed E-state index contributed by atoms with van der Waals surface area (Å²) in [6.07, 6.45) is 0. The predicted molar refractivity (Wildman–Crippen MR) is 77.1 cm³/mol. The number of benzene rings is 1. The van der Waals surface area contributed by atoms with E-state index in [1.54, 1.807) is 7.11 Å². The van der Waals surface area contributed by atoms with E-state index < -0.39 is 0 Å². The van der Waals surface area contributed by atoms with E-state index in [0.29, 0.717) is 13.2 Å². The second kappa shape index (κ2) is 7.36. The van der Waals surface area contributed by atoms with Crippen LogP contribution in [0.5, 0.6) is 11.5 Å². The van der Waals surface area contributed by atoms with Crippen LogP contribution in [0, 0.1) is 0 Å². The predicted octanol–water partition coefficient (Wildman–Crippen LogP) is 1.95. The molecule has 19 heavy (non-hydrogen) atoms. The zero-order valence-corrected chi connectivity index (χ0v) is 12.3. The van der Waals surface area contributed by atoms with Crippen LogP contribution in [0.1, 0.15) is 26.3 Å². The summed E-state index contributed by atoms with van der Waals surface area (Å²) in [7, 11) is 1.67. The summed E-state index contributed by atoms with van der Waals surface area (Å²) in [5.41, 5.74) is 1.14. The standard InChI is InChI=1S/C15H25NO3/c1-15(2,3)13-11-12(18-4)5-6-14(13)19-10-8-16-7-9-17/h5-6,11,16-17H,7-10H2,1-4H3. The molecule has 0 aliphatic carbocycles. The van der Waals surface area contributed by atoms with Crippen molar-refractivity contribution in [3.8, 4) is 11.5 Å². The van der Waals surface area contributed by atoms with Gasteiger partial charge in [-0.25, -0.2) is 0 Å². The van der Waals surface area contributed by atoms with Crippen molar-refractivity contribution in [3.63, 3.8) is 0 Å². The molecule has 4 nitrogen and oxygen atoms in total. The monoisotopic (exact) mass is 267 g/mol. The highest BCUT2D eigenvalue weighted by Gasteiger charge is 2.19. The van der Waals surface area contributed by atoms with E-state index in [-0.39, 0.29) is 12.0 Å². The maximum atomic E-state index is 8.67. The average molecular weight is 267 g/mol. The number of hydrogen-bond acceptors (Lipinski definition) is 4. The van der Waals surface area contributed by atoms with Crippen LogP contribution in [0.3, 0.4) is 0 Å². The Kier molecular flexibility index (Phi) is 6.12. The number of methoxy groups -OCH3 is 1. The Morgan fingerprint density at radius 2 is 1.95 bits per heavy atom. The molecular weight excluding hydrogens is 242 g/mol. The number of nitrogens with one attached hydrogen (secondary N) is 1. The Bertz CT molecular complexity index is 385. The van der Waals surface area contributed by atoms with Gasteiger partial charge >= 0.3 is 0 Å². The Morgan fingerprint density at radius 3 is 2.53 bits per heavy atom.